The van der Waals surface area contributed by atoms with Crippen LogP contribution in [0.5, 0.6) is 0 Å². The van der Waals surface area contributed by atoms with E-state index in [1.807, 2.05) is 31.2 Å². The van der Waals surface area contributed by atoms with Gasteiger partial charge in [-0.3, -0.25) is 14.9 Å². The van der Waals surface area contributed by atoms with Crippen molar-refractivity contribution in [1.82, 2.24) is 0 Å². The van der Waals surface area contributed by atoms with Gasteiger partial charge in [-0.15, -0.1) is 0 Å². The lowest BCUT2D eigenvalue weighted by Crippen LogP contribution is -2.43. The van der Waals surface area contributed by atoms with Crippen LogP contribution < -0.4 is 4.90 Å². The molecular weight excluding hydrogens is 360 g/mol. The van der Waals surface area contributed by atoms with E-state index in [2.05, 4.69) is 0 Å². The fraction of sp³-hybridized carbons (Fsp3) is 0.238. The number of nitrogens with zero attached hydrogens (tertiary/aromatic N) is 2. The second kappa shape index (κ2) is 8.04. The van der Waals surface area contributed by atoms with Gasteiger partial charge in [0.2, 0.25) is 0 Å². The van der Waals surface area contributed by atoms with Gasteiger partial charge < -0.3 is 9.64 Å². The summed E-state index contributed by atoms with van der Waals surface area (Å²) >= 11 is 0. The van der Waals surface area contributed by atoms with E-state index in [9.17, 15) is 19.7 Å². The van der Waals surface area contributed by atoms with E-state index in [1.165, 1.54) is 36.4 Å². The number of fused-ring (bicyclic) bond motifs is 1. The lowest BCUT2D eigenvalue weighted by atomic mass is 10.1. The van der Waals surface area contributed by atoms with Gasteiger partial charge in [0, 0.05) is 29.9 Å². The Morgan fingerprint density at radius 3 is 2.57 bits per heavy atom. The van der Waals surface area contributed by atoms with Crippen molar-refractivity contribution < 1.29 is 19.2 Å². The van der Waals surface area contributed by atoms with Gasteiger partial charge in [-0.25, -0.2) is 4.79 Å². The van der Waals surface area contributed by atoms with Crippen molar-refractivity contribution in [2.45, 2.75) is 32.4 Å². The maximum atomic E-state index is 12.8. The molecule has 3 rings (SSSR count). The first-order valence-corrected chi connectivity index (χ1v) is 8.91. The molecule has 1 aliphatic heterocycles. The molecule has 28 heavy (non-hydrogen) atoms. The predicted molar refractivity (Wildman–Crippen MR) is 105 cm³/mol. The summed E-state index contributed by atoms with van der Waals surface area (Å²) in [6.45, 7) is 3.51. The molecule has 0 spiro atoms. The zero-order chi connectivity index (χ0) is 20.3. The second-order valence-electron chi connectivity index (χ2n) is 6.65. The van der Waals surface area contributed by atoms with Crippen LogP contribution in [0.2, 0.25) is 0 Å². The Kier molecular flexibility index (Phi) is 5.54. The highest BCUT2D eigenvalue weighted by Gasteiger charge is 2.34. The highest BCUT2D eigenvalue weighted by atomic mass is 16.6. The summed E-state index contributed by atoms with van der Waals surface area (Å²) in [4.78, 5) is 36.7. The third-order valence-corrected chi connectivity index (χ3v) is 4.60. The molecule has 0 saturated heterocycles. The van der Waals surface area contributed by atoms with E-state index in [0.717, 1.165) is 17.7 Å². The number of para-hydroxylation sites is 1. The van der Waals surface area contributed by atoms with Gasteiger partial charge in [0.05, 0.1) is 4.92 Å². The third-order valence-electron chi connectivity index (χ3n) is 4.60. The number of nitro benzene ring substituents is 1. The summed E-state index contributed by atoms with van der Waals surface area (Å²) in [5, 5.41) is 10.7. The molecule has 0 bridgehead atoms. The topological polar surface area (TPSA) is 89.7 Å². The van der Waals surface area contributed by atoms with Crippen LogP contribution >= 0.6 is 0 Å². The highest BCUT2D eigenvalue weighted by molar-refractivity contribution is 6.00. The average molecular weight is 380 g/mol. The molecule has 1 amide bonds. The Labute approximate surface area is 162 Å². The first-order chi connectivity index (χ1) is 13.4. The molecule has 0 radical (unpaired) electrons. The molecule has 0 unspecified atom stereocenters. The van der Waals surface area contributed by atoms with Crippen molar-refractivity contribution in [3.05, 3.63) is 75.8 Å². The van der Waals surface area contributed by atoms with Gasteiger partial charge >= 0.3 is 5.97 Å². The Hall–Kier alpha value is -3.48. The van der Waals surface area contributed by atoms with Crippen molar-refractivity contribution in [2.24, 2.45) is 0 Å². The number of carbonyl (C=O) groups excluding carboxylic acids is 2. The number of benzene rings is 2. The van der Waals surface area contributed by atoms with Crippen LogP contribution in [-0.2, 0) is 20.7 Å². The van der Waals surface area contributed by atoms with Gasteiger partial charge in [-0.2, -0.15) is 0 Å². The molecule has 144 valence electrons. The van der Waals surface area contributed by atoms with E-state index in [4.69, 9.17) is 4.74 Å². The van der Waals surface area contributed by atoms with Crippen LogP contribution in [0.15, 0.2) is 54.6 Å². The van der Waals surface area contributed by atoms with Gasteiger partial charge in [0.15, 0.2) is 6.10 Å². The van der Waals surface area contributed by atoms with Crippen molar-refractivity contribution in [3.63, 3.8) is 0 Å². The molecule has 0 aromatic heterocycles. The van der Waals surface area contributed by atoms with Gasteiger partial charge in [0.1, 0.15) is 0 Å². The lowest BCUT2D eigenvalue weighted by Gasteiger charge is -2.25. The zero-order valence-corrected chi connectivity index (χ0v) is 15.6. The molecule has 0 aliphatic carbocycles. The van der Waals surface area contributed by atoms with Gasteiger partial charge in [0.25, 0.3) is 11.6 Å². The fourth-order valence-electron chi connectivity index (χ4n) is 3.23. The van der Waals surface area contributed by atoms with Crippen molar-refractivity contribution >= 4 is 29.3 Å². The molecule has 1 heterocycles. The van der Waals surface area contributed by atoms with Gasteiger partial charge in [-0.1, -0.05) is 18.2 Å². The molecule has 1 aliphatic rings. The van der Waals surface area contributed by atoms with Crippen LogP contribution in [-0.4, -0.2) is 28.9 Å². The zero-order valence-electron chi connectivity index (χ0n) is 15.6. The maximum Gasteiger partial charge on any atom is 0.331 e. The molecular formula is C21H20N2O5. The second-order valence-corrected chi connectivity index (χ2v) is 6.65. The summed E-state index contributed by atoms with van der Waals surface area (Å²) in [6, 6.07) is 13.4. The monoisotopic (exact) mass is 380 g/mol. The first-order valence-electron chi connectivity index (χ1n) is 8.91. The van der Waals surface area contributed by atoms with Crippen molar-refractivity contribution in [2.75, 3.05) is 4.90 Å². The molecule has 7 nitrogen and oxygen atoms in total. The summed E-state index contributed by atoms with van der Waals surface area (Å²) in [5.41, 5.74) is 2.53. The molecule has 2 aromatic carbocycles. The number of esters is 1. The van der Waals surface area contributed by atoms with Crippen LogP contribution in [0.3, 0.4) is 0 Å². The maximum absolute atomic E-state index is 12.8. The normalized spacial score (nSPS) is 16.6. The quantitative estimate of drug-likeness (QED) is 0.343. The number of rotatable bonds is 5. The Balaban J connectivity index is 1.62. The highest BCUT2D eigenvalue weighted by Crippen LogP contribution is 2.32. The Morgan fingerprint density at radius 2 is 1.89 bits per heavy atom. The largest absolute Gasteiger partial charge is 0.449 e. The smallest absolute Gasteiger partial charge is 0.331 e. The number of non-ortho nitro benzene ring substituents is 1. The summed E-state index contributed by atoms with van der Waals surface area (Å²) in [6.07, 6.45) is 2.52. The van der Waals surface area contributed by atoms with Crippen LogP contribution in [0.25, 0.3) is 6.08 Å². The predicted octanol–water partition coefficient (Wildman–Crippen LogP) is 3.52. The molecule has 2 atom stereocenters. The SMILES string of the molecule is C[C@H](OC(=O)/C=C/c1ccc([N+](=O)[O-])cc1)C(=O)N1c2ccccc2C[C@@H]1C. The molecule has 0 N–H and O–H groups in total. The number of anilines is 1. The minimum absolute atomic E-state index is 0.00158. The van der Waals surface area contributed by atoms with Crippen molar-refractivity contribution in [3.8, 4) is 0 Å². The molecule has 7 heteroatoms. The van der Waals surface area contributed by atoms with E-state index >= 15 is 0 Å². The fourth-order valence-corrected chi connectivity index (χ4v) is 3.23. The van der Waals surface area contributed by atoms with E-state index in [-0.39, 0.29) is 17.6 Å². The summed E-state index contributed by atoms with van der Waals surface area (Å²) in [5.74, 6) is -0.922. The minimum Gasteiger partial charge on any atom is -0.449 e. The standard InChI is InChI=1S/C21H20N2O5/c1-14-13-17-5-3-4-6-19(17)22(14)21(25)15(2)28-20(24)12-9-16-7-10-18(11-8-16)23(26)27/h3-12,14-15H,13H2,1-2H3/b12-9+/t14-,15-/m0/s1. The molecule has 0 fully saturated rings. The number of hydrogen-bond acceptors (Lipinski definition) is 5. The number of carbonyl (C=O) groups is 2. The number of hydrogen-bond donors (Lipinski definition) is 0. The minimum atomic E-state index is -0.928. The number of amides is 1. The van der Waals surface area contributed by atoms with Crippen LogP contribution in [0, 0.1) is 10.1 Å². The molecule has 2 aromatic rings. The number of nitro groups is 1. The molecule has 0 saturated carbocycles. The van der Waals surface area contributed by atoms with E-state index < -0.39 is 17.0 Å². The Bertz CT molecular complexity index is 936. The summed E-state index contributed by atoms with van der Waals surface area (Å²) < 4.78 is 5.25. The van der Waals surface area contributed by atoms with Crippen LogP contribution in [0.4, 0.5) is 11.4 Å². The third kappa shape index (κ3) is 4.09. The van der Waals surface area contributed by atoms with Crippen molar-refractivity contribution in [1.29, 1.82) is 0 Å². The average Bonchev–Trinajstić information content (AvgIpc) is 3.01. The summed E-state index contributed by atoms with van der Waals surface area (Å²) in [7, 11) is 0. The van der Waals surface area contributed by atoms with Gasteiger partial charge in [-0.05, 0) is 55.7 Å². The number of ether oxygens (including phenoxy) is 1. The van der Waals surface area contributed by atoms with E-state index in [1.54, 1.807) is 11.8 Å². The van der Waals surface area contributed by atoms with Crippen LogP contribution in [0.1, 0.15) is 25.0 Å². The lowest BCUT2D eigenvalue weighted by molar-refractivity contribution is -0.384. The Morgan fingerprint density at radius 1 is 1.21 bits per heavy atom. The first kappa shape index (κ1) is 19.3. The van der Waals surface area contributed by atoms with E-state index in [0.29, 0.717) is 5.56 Å².